The van der Waals surface area contributed by atoms with Gasteiger partial charge in [0.05, 0.1) is 18.0 Å². The van der Waals surface area contributed by atoms with Crippen LogP contribution in [0.4, 0.5) is 5.82 Å². The lowest BCUT2D eigenvalue weighted by Gasteiger charge is -2.17. The number of nitrogens with zero attached hydrogens (tertiary/aromatic N) is 2. The van der Waals surface area contributed by atoms with E-state index in [2.05, 4.69) is 4.98 Å². The number of anilines is 1. The highest BCUT2D eigenvalue weighted by Crippen LogP contribution is 2.41. The van der Waals surface area contributed by atoms with Crippen LogP contribution in [0.5, 0.6) is 0 Å². The van der Waals surface area contributed by atoms with Gasteiger partial charge in [-0.1, -0.05) is 0 Å². The van der Waals surface area contributed by atoms with E-state index in [4.69, 9.17) is 21.3 Å². The van der Waals surface area contributed by atoms with Gasteiger partial charge in [0.15, 0.2) is 0 Å². The van der Waals surface area contributed by atoms with Gasteiger partial charge in [-0.25, -0.2) is 4.79 Å². The topological polar surface area (TPSA) is 174 Å². The first-order valence-electron chi connectivity index (χ1n) is 6.74. The molecule has 0 aliphatic carbocycles. The number of hydrogen-bond donors (Lipinski definition) is 5. The SMILES string of the molecule is Nc1ccn([C@@H]2S[C@H](COC(=O)[C@H](N)CO)C(O)C2O)c(=O)n1. The Morgan fingerprint density at radius 2 is 2.17 bits per heavy atom. The van der Waals surface area contributed by atoms with Crippen LogP contribution in [0, 0.1) is 0 Å². The van der Waals surface area contributed by atoms with Gasteiger partial charge >= 0.3 is 11.7 Å². The van der Waals surface area contributed by atoms with E-state index in [0.29, 0.717) is 0 Å². The van der Waals surface area contributed by atoms with Crippen LogP contribution in [0.2, 0.25) is 0 Å². The molecule has 1 saturated heterocycles. The Balaban J connectivity index is 2.06. The van der Waals surface area contributed by atoms with E-state index in [1.807, 2.05) is 0 Å². The number of nitrogens with two attached hydrogens (primary N) is 2. The molecule has 11 heteroatoms. The fourth-order valence-corrected chi connectivity index (χ4v) is 3.50. The Bertz CT molecular complexity index is 626. The molecule has 2 heterocycles. The lowest BCUT2D eigenvalue weighted by Crippen LogP contribution is -2.39. The predicted molar refractivity (Wildman–Crippen MR) is 81.4 cm³/mol. The van der Waals surface area contributed by atoms with Crippen molar-refractivity contribution in [2.75, 3.05) is 18.9 Å². The quantitative estimate of drug-likeness (QED) is 0.346. The summed E-state index contributed by atoms with van der Waals surface area (Å²) in [5.74, 6) is -0.766. The fraction of sp³-hybridized carbons (Fsp3) is 0.583. The van der Waals surface area contributed by atoms with E-state index in [1.165, 1.54) is 12.3 Å². The maximum absolute atomic E-state index is 11.8. The van der Waals surface area contributed by atoms with Crippen LogP contribution >= 0.6 is 11.8 Å². The van der Waals surface area contributed by atoms with Crippen molar-refractivity contribution in [1.82, 2.24) is 9.55 Å². The first-order valence-corrected chi connectivity index (χ1v) is 7.68. The second-order valence-corrected chi connectivity index (χ2v) is 6.37. The average molecular weight is 346 g/mol. The van der Waals surface area contributed by atoms with E-state index in [-0.39, 0.29) is 12.4 Å². The molecular formula is C12H18N4O6S. The van der Waals surface area contributed by atoms with E-state index in [1.54, 1.807) is 0 Å². The largest absolute Gasteiger partial charge is 0.463 e. The molecule has 1 aromatic heterocycles. The van der Waals surface area contributed by atoms with Crippen molar-refractivity contribution in [3.05, 3.63) is 22.7 Å². The van der Waals surface area contributed by atoms with Crippen molar-refractivity contribution < 1.29 is 24.9 Å². The summed E-state index contributed by atoms with van der Waals surface area (Å²) in [6.07, 6.45) is -1.10. The normalized spacial score (nSPS) is 28.5. The summed E-state index contributed by atoms with van der Waals surface area (Å²) < 4.78 is 6.04. The van der Waals surface area contributed by atoms with Gasteiger partial charge in [-0.15, -0.1) is 11.8 Å². The van der Waals surface area contributed by atoms with E-state index in [9.17, 15) is 19.8 Å². The third-order valence-corrected chi connectivity index (χ3v) is 4.90. The second-order valence-electron chi connectivity index (χ2n) is 5.01. The maximum Gasteiger partial charge on any atom is 0.350 e. The van der Waals surface area contributed by atoms with Crippen molar-refractivity contribution in [3.63, 3.8) is 0 Å². The van der Waals surface area contributed by atoms with Gasteiger partial charge in [-0.05, 0) is 6.07 Å². The number of aliphatic hydroxyl groups excluding tert-OH is 3. The molecule has 1 aromatic rings. The number of carbonyl (C=O) groups excluding carboxylic acids is 1. The van der Waals surface area contributed by atoms with E-state index < -0.39 is 47.1 Å². The van der Waals surface area contributed by atoms with Crippen molar-refractivity contribution >= 4 is 23.5 Å². The minimum absolute atomic E-state index is 0.0488. The standard InChI is InChI=1S/C12H18N4O6S/c13-5(3-17)11(20)22-4-6-8(18)9(19)10(23-6)16-2-1-7(14)15-12(16)21/h1-2,5-6,8-10,17-19H,3-4,13H2,(H2,14,15,21)/t5-,6-,8?,9?,10-/m1/s1. The molecule has 2 unspecified atom stereocenters. The van der Waals surface area contributed by atoms with Crippen molar-refractivity contribution in [1.29, 1.82) is 0 Å². The number of ether oxygens (including phenoxy) is 1. The molecule has 1 fully saturated rings. The Labute approximate surface area is 135 Å². The maximum atomic E-state index is 11.8. The zero-order valence-electron chi connectivity index (χ0n) is 12.0. The number of esters is 1. The zero-order valence-corrected chi connectivity index (χ0v) is 12.8. The minimum Gasteiger partial charge on any atom is -0.463 e. The Hall–Kier alpha value is -1.66. The molecule has 1 aliphatic rings. The van der Waals surface area contributed by atoms with Crippen LogP contribution in [0.3, 0.4) is 0 Å². The van der Waals surface area contributed by atoms with Crippen LogP contribution in [0.15, 0.2) is 17.1 Å². The van der Waals surface area contributed by atoms with Gasteiger partial charge in [0.1, 0.15) is 29.9 Å². The highest BCUT2D eigenvalue weighted by molar-refractivity contribution is 8.00. The van der Waals surface area contributed by atoms with Crippen molar-refractivity contribution in [3.8, 4) is 0 Å². The summed E-state index contributed by atoms with van der Waals surface area (Å²) in [5.41, 5.74) is 10.1. The number of aliphatic hydroxyl groups is 3. The molecule has 0 amide bonds. The molecule has 1 aliphatic heterocycles. The van der Waals surface area contributed by atoms with E-state index in [0.717, 1.165) is 16.3 Å². The fourth-order valence-electron chi connectivity index (χ4n) is 2.06. The molecule has 5 atom stereocenters. The Morgan fingerprint density at radius 3 is 2.78 bits per heavy atom. The molecule has 0 aromatic carbocycles. The Kier molecular flexibility index (Phi) is 5.59. The van der Waals surface area contributed by atoms with Gasteiger partial charge in [0, 0.05) is 6.20 Å². The zero-order chi connectivity index (χ0) is 17.1. The van der Waals surface area contributed by atoms with Crippen LogP contribution < -0.4 is 17.2 Å². The van der Waals surface area contributed by atoms with Crippen LogP contribution in [-0.4, -0.2) is 67.6 Å². The lowest BCUT2D eigenvalue weighted by atomic mass is 10.1. The number of hydrogen-bond acceptors (Lipinski definition) is 10. The molecule has 0 radical (unpaired) electrons. The molecule has 0 spiro atoms. The number of rotatable bonds is 5. The molecule has 2 rings (SSSR count). The summed E-state index contributed by atoms with van der Waals surface area (Å²) in [5, 5.41) is 27.5. The van der Waals surface area contributed by atoms with E-state index >= 15 is 0 Å². The van der Waals surface area contributed by atoms with Gasteiger partial charge in [-0.3, -0.25) is 9.36 Å². The molecule has 10 nitrogen and oxygen atoms in total. The average Bonchev–Trinajstić information content (AvgIpc) is 2.80. The first-order chi connectivity index (χ1) is 10.8. The molecule has 128 valence electrons. The highest BCUT2D eigenvalue weighted by atomic mass is 32.2. The number of nitrogen functional groups attached to an aromatic ring is 1. The number of aromatic nitrogens is 2. The molecule has 0 saturated carbocycles. The molecule has 23 heavy (non-hydrogen) atoms. The second kappa shape index (κ2) is 7.27. The third kappa shape index (κ3) is 3.82. The summed E-state index contributed by atoms with van der Waals surface area (Å²) in [6.45, 7) is -0.778. The van der Waals surface area contributed by atoms with Crippen LogP contribution in [-0.2, 0) is 9.53 Å². The Morgan fingerprint density at radius 1 is 1.48 bits per heavy atom. The van der Waals surface area contributed by atoms with Gasteiger partial charge in [-0.2, -0.15) is 4.98 Å². The smallest absolute Gasteiger partial charge is 0.350 e. The minimum atomic E-state index is -1.25. The summed E-state index contributed by atoms with van der Waals surface area (Å²) in [7, 11) is 0. The summed E-state index contributed by atoms with van der Waals surface area (Å²) in [4.78, 5) is 26.8. The van der Waals surface area contributed by atoms with Crippen molar-refractivity contribution in [2.24, 2.45) is 5.73 Å². The summed E-state index contributed by atoms with van der Waals surface area (Å²) in [6, 6.07) is 0.234. The number of thioether (sulfide) groups is 1. The predicted octanol–water partition coefficient (Wildman–Crippen LogP) is -2.98. The van der Waals surface area contributed by atoms with Gasteiger partial charge in [0.25, 0.3) is 0 Å². The first kappa shape index (κ1) is 17.7. The highest BCUT2D eigenvalue weighted by Gasteiger charge is 2.44. The molecular weight excluding hydrogens is 328 g/mol. The van der Waals surface area contributed by atoms with Crippen LogP contribution in [0.25, 0.3) is 0 Å². The molecule has 7 N–H and O–H groups in total. The van der Waals surface area contributed by atoms with Gasteiger partial charge in [0.2, 0.25) is 0 Å². The lowest BCUT2D eigenvalue weighted by molar-refractivity contribution is -0.146. The summed E-state index contributed by atoms with van der Waals surface area (Å²) >= 11 is 1.06. The van der Waals surface area contributed by atoms with Crippen LogP contribution in [0.1, 0.15) is 5.37 Å². The van der Waals surface area contributed by atoms with Gasteiger partial charge < -0.3 is 31.5 Å². The molecule has 0 bridgehead atoms. The monoisotopic (exact) mass is 346 g/mol. The van der Waals surface area contributed by atoms with Crippen molar-refractivity contribution in [2.45, 2.75) is 28.9 Å². The number of carbonyl (C=O) groups is 1. The third-order valence-electron chi connectivity index (χ3n) is 3.35.